The molecule has 1 aliphatic rings. The van der Waals surface area contributed by atoms with E-state index in [1.165, 1.54) is 24.2 Å². The molecule has 35 heavy (non-hydrogen) atoms. The van der Waals surface area contributed by atoms with Crippen molar-refractivity contribution in [2.45, 2.75) is 32.4 Å². The molecular weight excluding hydrogens is 461 g/mol. The third-order valence-corrected chi connectivity index (χ3v) is 5.78. The molecule has 0 spiro atoms. The Morgan fingerprint density at radius 3 is 2.46 bits per heavy atom. The molecule has 2 atom stereocenters. The van der Waals surface area contributed by atoms with Gasteiger partial charge in [-0.05, 0) is 42.2 Å². The molecule has 1 unspecified atom stereocenters. The Kier molecular flexibility index (Phi) is 9.64. The average Bonchev–Trinajstić information content (AvgIpc) is 2.79. The molecule has 0 bridgehead atoms. The molecule has 10 heteroatoms. The van der Waals surface area contributed by atoms with E-state index in [-0.39, 0.29) is 29.6 Å². The quantitative estimate of drug-likeness (QED) is 0.404. The van der Waals surface area contributed by atoms with Gasteiger partial charge in [0.2, 0.25) is 0 Å². The number of benzene rings is 2. The number of nitrogens with zero attached hydrogens (tertiary/aromatic N) is 1. The second kappa shape index (κ2) is 12.0. The summed E-state index contributed by atoms with van der Waals surface area (Å²) in [6.45, 7) is 3.80. The van der Waals surface area contributed by atoms with Crippen LogP contribution in [0.4, 0.5) is 4.79 Å². The van der Waals surface area contributed by atoms with Crippen LogP contribution in [-0.2, 0) is 14.4 Å². The number of ketones is 1. The number of hydrogen-bond donors (Lipinski definition) is 3. The van der Waals surface area contributed by atoms with Crippen LogP contribution < -0.4 is 15.4 Å². The number of aryl methyl sites for hydroxylation is 1. The van der Waals surface area contributed by atoms with E-state index in [0.29, 0.717) is 11.3 Å². The minimum atomic E-state index is -1.38. The summed E-state index contributed by atoms with van der Waals surface area (Å²) in [5.74, 6) is -1.65. The molecule has 0 aromatic heterocycles. The van der Waals surface area contributed by atoms with Crippen LogP contribution in [0.3, 0.4) is 0 Å². The van der Waals surface area contributed by atoms with Crippen LogP contribution in [0.25, 0.3) is 11.1 Å². The molecule has 0 saturated heterocycles. The van der Waals surface area contributed by atoms with Gasteiger partial charge in [-0.15, -0.1) is 0 Å². The van der Waals surface area contributed by atoms with Crippen LogP contribution >= 0.6 is 0 Å². The van der Waals surface area contributed by atoms with Crippen LogP contribution in [0.15, 0.2) is 48.7 Å². The van der Waals surface area contributed by atoms with Gasteiger partial charge in [-0.3, -0.25) is 14.4 Å². The summed E-state index contributed by atoms with van der Waals surface area (Å²) in [6, 6.07) is 8.04. The van der Waals surface area contributed by atoms with Gasteiger partial charge >= 0.3 is 41.6 Å². The second-order valence-corrected chi connectivity index (χ2v) is 8.04. The molecule has 3 amide bonds. The van der Waals surface area contributed by atoms with Crippen molar-refractivity contribution in [3.63, 3.8) is 0 Å². The molecule has 0 saturated carbocycles. The van der Waals surface area contributed by atoms with Gasteiger partial charge < -0.3 is 25.4 Å². The summed E-state index contributed by atoms with van der Waals surface area (Å²) in [6.07, 6.45) is 2.12. The molecule has 0 aliphatic carbocycles. The van der Waals surface area contributed by atoms with Crippen LogP contribution in [0.5, 0.6) is 5.75 Å². The number of carbonyl (C=O) groups excluding carboxylic acids is 3. The monoisotopic (exact) mass is 489 g/mol. The summed E-state index contributed by atoms with van der Waals surface area (Å²) in [5, 5.41) is 14.5. The fourth-order valence-electron chi connectivity index (χ4n) is 4.00. The molecule has 3 rings (SSSR count). The summed E-state index contributed by atoms with van der Waals surface area (Å²) in [5.41, 5.74) is 4.04. The zero-order chi connectivity index (χ0) is 25.0. The molecule has 9 nitrogen and oxygen atoms in total. The zero-order valence-electron chi connectivity index (χ0n) is 19.4. The Labute approximate surface area is 225 Å². The zero-order valence-corrected chi connectivity index (χ0v) is 19.4. The van der Waals surface area contributed by atoms with Crippen molar-refractivity contribution in [2.75, 3.05) is 14.2 Å². The summed E-state index contributed by atoms with van der Waals surface area (Å²) < 4.78 is 5.56. The van der Waals surface area contributed by atoms with Gasteiger partial charge in [-0.2, -0.15) is 0 Å². The Morgan fingerprint density at radius 2 is 1.83 bits per heavy atom. The van der Waals surface area contributed by atoms with Crippen LogP contribution in [0, 0.1) is 13.8 Å². The van der Waals surface area contributed by atoms with Crippen molar-refractivity contribution in [1.29, 1.82) is 0 Å². The van der Waals surface area contributed by atoms with Crippen molar-refractivity contribution < 1.29 is 29.0 Å². The van der Waals surface area contributed by atoms with Gasteiger partial charge in [0.1, 0.15) is 5.75 Å². The number of methoxy groups -OCH3 is 1. The molecule has 1 aliphatic heterocycles. The SMILES string of the molecule is COc1ccc([C@H](CC(=O)O)NC(=O)NC2C(=O)C=CN(C)C2=O)c(C)c1-c1ccccc1C.[NaH]. The molecule has 1 heterocycles. The first-order valence-electron chi connectivity index (χ1n) is 10.6. The van der Waals surface area contributed by atoms with Crippen molar-refractivity contribution >= 4 is 53.2 Å². The first kappa shape index (κ1) is 28.1. The van der Waals surface area contributed by atoms with E-state index in [4.69, 9.17) is 4.74 Å². The van der Waals surface area contributed by atoms with Gasteiger partial charge in [0.05, 0.1) is 19.6 Å². The standard InChI is InChI=1S/C25H27N3O6.Na.H/c1-14-7-5-6-8-16(14)22-15(2)17(9-10-20(22)34-4)18(13-21(30)31)26-25(33)27-23-19(29)11-12-28(3)24(23)32;;/h5-12,18,23H,13H2,1-4H3,(H,30,31)(H2,26,27,33);;/t18-,23?;;/m0../s1. The van der Waals surface area contributed by atoms with E-state index in [9.17, 15) is 24.3 Å². The van der Waals surface area contributed by atoms with Crippen LogP contribution in [0.1, 0.15) is 29.2 Å². The number of rotatable bonds is 7. The topological polar surface area (TPSA) is 125 Å². The predicted molar refractivity (Wildman–Crippen MR) is 132 cm³/mol. The number of carboxylic acid groups (broad SMARTS) is 1. The Balaban J connectivity index is 0.00000432. The summed E-state index contributed by atoms with van der Waals surface area (Å²) >= 11 is 0. The number of aliphatic carboxylic acids is 1. The maximum absolute atomic E-state index is 12.7. The first-order chi connectivity index (χ1) is 16.1. The van der Waals surface area contributed by atoms with Gasteiger partial charge in [0, 0.05) is 24.9 Å². The van der Waals surface area contributed by atoms with Crippen LogP contribution in [-0.4, -0.2) is 83.5 Å². The molecular formula is C25H28N3NaO6. The minimum absolute atomic E-state index is 0. The Bertz CT molecular complexity index is 1180. The van der Waals surface area contributed by atoms with Crippen LogP contribution in [0.2, 0.25) is 0 Å². The van der Waals surface area contributed by atoms with Gasteiger partial charge in [-0.1, -0.05) is 30.3 Å². The molecule has 0 fully saturated rings. The van der Waals surface area contributed by atoms with Gasteiger partial charge in [0.25, 0.3) is 5.91 Å². The van der Waals surface area contributed by atoms with E-state index in [2.05, 4.69) is 10.6 Å². The number of carboxylic acids is 1. The summed E-state index contributed by atoms with van der Waals surface area (Å²) in [7, 11) is 3.03. The van der Waals surface area contributed by atoms with Gasteiger partial charge in [-0.25, -0.2) is 4.79 Å². The van der Waals surface area contributed by atoms with E-state index in [1.807, 2.05) is 38.1 Å². The Hall–Kier alpha value is -3.14. The first-order valence-corrected chi connectivity index (χ1v) is 10.6. The normalized spacial score (nSPS) is 15.8. The number of hydrogen-bond acceptors (Lipinski definition) is 5. The second-order valence-electron chi connectivity index (χ2n) is 8.04. The number of urea groups is 1. The molecule has 180 valence electrons. The fourth-order valence-corrected chi connectivity index (χ4v) is 4.00. The van der Waals surface area contributed by atoms with E-state index in [0.717, 1.165) is 22.3 Å². The number of nitrogens with one attached hydrogen (secondary N) is 2. The number of carbonyl (C=O) groups is 4. The van der Waals surface area contributed by atoms with Crippen molar-refractivity contribution in [1.82, 2.24) is 15.5 Å². The third kappa shape index (κ3) is 6.30. The van der Waals surface area contributed by atoms with E-state index in [1.54, 1.807) is 19.2 Å². The van der Waals surface area contributed by atoms with Crippen molar-refractivity contribution in [2.24, 2.45) is 0 Å². The summed E-state index contributed by atoms with van der Waals surface area (Å²) in [4.78, 5) is 49.9. The van der Waals surface area contributed by atoms with E-state index >= 15 is 0 Å². The third-order valence-electron chi connectivity index (χ3n) is 5.78. The molecule has 3 N–H and O–H groups in total. The van der Waals surface area contributed by atoms with E-state index < -0.39 is 42.2 Å². The number of amides is 3. The fraction of sp³-hybridized carbons (Fsp3) is 0.280. The number of ether oxygens (including phenoxy) is 1. The molecule has 2 aromatic rings. The Morgan fingerprint density at radius 1 is 1.14 bits per heavy atom. The molecule has 2 aromatic carbocycles. The molecule has 0 radical (unpaired) electrons. The average molecular weight is 490 g/mol. The predicted octanol–water partition coefficient (Wildman–Crippen LogP) is 2.07. The van der Waals surface area contributed by atoms with Crippen molar-refractivity contribution in [3.05, 3.63) is 65.4 Å². The maximum atomic E-state index is 12.7. The van der Waals surface area contributed by atoms with Gasteiger partial charge in [0.15, 0.2) is 11.8 Å². The van der Waals surface area contributed by atoms with Crippen molar-refractivity contribution in [3.8, 4) is 16.9 Å². The number of likely N-dealkylation sites (N-methyl/N-ethyl adjacent to an activating group) is 1.